The molecule has 0 saturated heterocycles. The Balaban J connectivity index is 2.15. The number of sulfonamides is 1. The van der Waals surface area contributed by atoms with Crippen LogP contribution in [0.1, 0.15) is 55.6 Å². The van der Waals surface area contributed by atoms with E-state index in [0.717, 1.165) is 24.7 Å². The number of amides is 1. The van der Waals surface area contributed by atoms with Crippen LogP contribution in [0.4, 0.5) is 5.69 Å². The zero-order valence-electron chi connectivity index (χ0n) is 17.9. The molecule has 0 fully saturated rings. The molecule has 0 aliphatic rings. The highest BCUT2D eigenvalue weighted by molar-refractivity contribution is 7.92. The maximum Gasteiger partial charge on any atom is 0.251 e. The van der Waals surface area contributed by atoms with Crippen molar-refractivity contribution < 1.29 is 22.7 Å². The fourth-order valence-corrected chi connectivity index (χ4v) is 3.31. The summed E-state index contributed by atoms with van der Waals surface area (Å²) >= 11 is 0. The monoisotopic (exact) mass is 434 g/mol. The zero-order chi connectivity index (χ0) is 22.1. The van der Waals surface area contributed by atoms with Gasteiger partial charge in [-0.15, -0.1) is 0 Å². The number of rotatable bonds is 11. The number of anilines is 1. The van der Waals surface area contributed by atoms with Gasteiger partial charge in [-0.3, -0.25) is 9.52 Å². The second-order valence-corrected chi connectivity index (χ2v) is 8.80. The Bertz CT molecular complexity index is 960. The molecule has 0 spiro atoms. The van der Waals surface area contributed by atoms with E-state index in [1.807, 2.05) is 39.0 Å². The first-order valence-electron chi connectivity index (χ1n) is 10.0. The minimum absolute atomic E-state index is 0.284. The summed E-state index contributed by atoms with van der Waals surface area (Å²) in [6, 6.07) is 11.7. The van der Waals surface area contributed by atoms with Gasteiger partial charge in [-0.1, -0.05) is 26.0 Å². The van der Waals surface area contributed by atoms with Crippen LogP contribution in [0.25, 0.3) is 0 Å². The Kier molecular flexibility index (Phi) is 8.53. The predicted octanol–water partition coefficient (Wildman–Crippen LogP) is 4.13. The molecule has 7 nitrogen and oxygen atoms in total. The molecule has 2 N–H and O–H groups in total. The van der Waals surface area contributed by atoms with Gasteiger partial charge in [0.2, 0.25) is 10.0 Å². The first-order valence-corrected chi connectivity index (χ1v) is 11.9. The average Bonchev–Trinajstić information content (AvgIpc) is 2.69. The smallest absolute Gasteiger partial charge is 0.251 e. The van der Waals surface area contributed by atoms with Crippen LogP contribution in [-0.4, -0.2) is 33.8 Å². The largest absolute Gasteiger partial charge is 0.490 e. The zero-order valence-corrected chi connectivity index (χ0v) is 18.7. The van der Waals surface area contributed by atoms with Gasteiger partial charge in [-0.2, -0.15) is 0 Å². The summed E-state index contributed by atoms with van der Waals surface area (Å²) in [6.07, 6.45) is 2.84. The fraction of sp³-hybridized carbons (Fsp3) is 0.409. The van der Waals surface area contributed by atoms with Crippen molar-refractivity contribution in [3.8, 4) is 11.5 Å². The van der Waals surface area contributed by atoms with Crippen molar-refractivity contribution in [1.82, 2.24) is 5.32 Å². The van der Waals surface area contributed by atoms with Crippen molar-refractivity contribution in [3.63, 3.8) is 0 Å². The molecular weight excluding hydrogens is 404 g/mol. The van der Waals surface area contributed by atoms with E-state index in [0.29, 0.717) is 36.0 Å². The highest BCUT2D eigenvalue weighted by atomic mass is 32.2. The summed E-state index contributed by atoms with van der Waals surface area (Å²) < 4.78 is 36.8. The van der Waals surface area contributed by atoms with Crippen molar-refractivity contribution >= 4 is 21.6 Å². The molecule has 0 aliphatic heterocycles. The number of hydrogen-bond donors (Lipinski definition) is 2. The topological polar surface area (TPSA) is 93.7 Å². The van der Waals surface area contributed by atoms with Crippen LogP contribution < -0.4 is 19.5 Å². The van der Waals surface area contributed by atoms with Gasteiger partial charge in [0.25, 0.3) is 5.91 Å². The van der Waals surface area contributed by atoms with Gasteiger partial charge in [0.05, 0.1) is 25.5 Å². The standard InChI is InChI=1S/C22H30N2O5S/c1-5-12-28-20-11-10-17(15-21(20)29-13-6-2)16(3)23-22(25)18-8-7-9-19(14-18)24-30(4,26)27/h7-11,14-16,24H,5-6,12-13H2,1-4H3,(H,23,25). The SMILES string of the molecule is CCCOc1ccc(C(C)NC(=O)c2cccc(NS(C)(=O)=O)c2)cc1OCCC. The van der Waals surface area contributed by atoms with Crippen molar-refractivity contribution in [1.29, 1.82) is 0 Å². The molecule has 0 aromatic heterocycles. The second-order valence-electron chi connectivity index (χ2n) is 7.05. The van der Waals surface area contributed by atoms with Crippen molar-refractivity contribution in [3.05, 3.63) is 53.6 Å². The van der Waals surface area contributed by atoms with E-state index in [2.05, 4.69) is 10.0 Å². The molecule has 0 aliphatic carbocycles. The lowest BCUT2D eigenvalue weighted by Crippen LogP contribution is -2.26. The Labute approximate surface area is 178 Å². The molecule has 0 bridgehead atoms. The van der Waals surface area contributed by atoms with Crippen LogP contribution in [0.15, 0.2) is 42.5 Å². The number of hydrogen-bond acceptors (Lipinski definition) is 5. The molecule has 164 valence electrons. The van der Waals surface area contributed by atoms with Crippen molar-refractivity contribution in [2.75, 3.05) is 24.2 Å². The van der Waals surface area contributed by atoms with Crippen LogP contribution in [0.2, 0.25) is 0 Å². The third-order valence-electron chi connectivity index (χ3n) is 4.17. The number of benzene rings is 2. The van der Waals surface area contributed by atoms with Crippen LogP contribution >= 0.6 is 0 Å². The summed E-state index contributed by atoms with van der Waals surface area (Å²) in [5.41, 5.74) is 1.58. The Morgan fingerprint density at radius 1 is 1.00 bits per heavy atom. The lowest BCUT2D eigenvalue weighted by molar-refractivity contribution is 0.0940. The van der Waals surface area contributed by atoms with Crippen molar-refractivity contribution in [2.24, 2.45) is 0 Å². The molecule has 1 amide bonds. The molecule has 2 aromatic rings. The second kappa shape index (κ2) is 10.9. The minimum Gasteiger partial charge on any atom is -0.490 e. The molecule has 8 heteroatoms. The van der Waals surface area contributed by atoms with E-state index in [9.17, 15) is 13.2 Å². The summed E-state index contributed by atoms with van der Waals surface area (Å²) in [7, 11) is -3.42. The van der Waals surface area contributed by atoms with Gasteiger partial charge in [0.1, 0.15) is 0 Å². The third kappa shape index (κ3) is 7.26. The fourth-order valence-electron chi connectivity index (χ4n) is 2.75. The van der Waals surface area contributed by atoms with E-state index >= 15 is 0 Å². The predicted molar refractivity (Wildman–Crippen MR) is 119 cm³/mol. The lowest BCUT2D eigenvalue weighted by Gasteiger charge is -2.18. The summed E-state index contributed by atoms with van der Waals surface area (Å²) in [5, 5.41) is 2.94. The number of nitrogens with one attached hydrogen (secondary N) is 2. The van der Waals surface area contributed by atoms with Gasteiger partial charge < -0.3 is 14.8 Å². The van der Waals surface area contributed by atoms with Crippen molar-refractivity contribution in [2.45, 2.75) is 39.7 Å². The quantitative estimate of drug-likeness (QED) is 0.555. The third-order valence-corrected chi connectivity index (χ3v) is 4.77. The molecule has 2 rings (SSSR count). The first-order chi connectivity index (χ1) is 14.2. The molecule has 2 aromatic carbocycles. The van der Waals surface area contributed by atoms with Gasteiger partial charge in [-0.05, 0) is 55.7 Å². The van der Waals surface area contributed by atoms with Crippen LogP contribution in [0.5, 0.6) is 11.5 Å². The molecule has 30 heavy (non-hydrogen) atoms. The normalized spacial score (nSPS) is 12.1. The minimum atomic E-state index is -3.42. The Morgan fingerprint density at radius 3 is 2.30 bits per heavy atom. The van der Waals surface area contributed by atoms with E-state index < -0.39 is 10.0 Å². The number of carbonyl (C=O) groups is 1. The summed E-state index contributed by atoms with van der Waals surface area (Å²) in [5.74, 6) is 1.04. The maximum absolute atomic E-state index is 12.7. The first kappa shape index (κ1) is 23.5. The van der Waals surface area contributed by atoms with Gasteiger partial charge in [0, 0.05) is 11.3 Å². The molecule has 0 radical (unpaired) electrons. The molecule has 1 unspecified atom stereocenters. The molecule has 1 atom stereocenters. The van der Waals surface area contributed by atoms with E-state index in [1.54, 1.807) is 18.2 Å². The van der Waals surface area contributed by atoms with Crippen LogP contribution in [0.3, 0.4) is 0 Å². The number of carbonyl (C=O) groups excluding carboxylic acids is 1. The highest BCUT2D eigenvalue weighted by Crippen LogP contribution is 2.31. The van der Waals surface area contributed by atoms with E-state index in [-0.39, 0.29) is 11.9 Å². The Morgan fingerprint density at radius 2 is 1.67 bits per heavy atom. The van der Waals surface area contributed by atoms with Crippen LogP contribution in [-0.2, 0) is 10.0 Å². The van der Waals surface area contributed by atoms with E-state index in [1.165, 1.54) is 6.07 Å². The molecule has 0 heterocycles. The molecule has 0 saturated carbocycles. The van der Waals surface area contributed by atoms with Gasteiger partial charge in [-0.25, -0.2) is 8.42 Å². The highest BCUT2D eigenvalue weighted by Gasteiger charge is 2.15. The van der Waals surface area contributed by atoms with Gasteiger partial charge in [0.15, 0.2) is 11.5 Å². The summed E-state index contributed by atoms with van der Waals surface area (Å²) in [4.78, 5) is 12.7. The summed E-state index contributed by atoms with van der Waals surface area (Å²) in [6.45, 7) is 7.13. The van der Waals surface area contributed by atoms with Crippen LogP contribution in [0, 0.1) is 0 Å². The number of ether oxygens (including phenoxy) is 2. The average molecular weight is 435 g/mol. The Hall–Kier alpha value is -2.74. The maximum atomic E-state index is 12.7. The van der Waals surface area contributed by atoms with E-state index in [4.69, 9.17) is 9.47 Å². The lowest BCUT2D eigenvalue weighted by atomic mass is 10.1. The molecular formula is C22H30N2O5S. The van der Waals surface area contributed by atoms with Gasteiger partial charge >= 0.3 is 0 Å².